The van der Waals surface area contributed by atoms with E-state index in [9.17, 15) is 26.7 Å². The number of hydrogen-bond acceptors (Lipinski definition) is 4. The number of rotatable bonds is 3. The number of halogens is 3. The molecule has 2 rings (SSSR count). The second-order valence-corrected chi connectivity index (χ2v) is 6.78. The lowest BCUT2D eigenvalue weighted by Crippen LogP contribution is -2.45. The van der Waals surface area contributed by atoms with Gasteiger partial charge in [0, 0.05) is 19.3 Å². The second-order valence-electron chi connectivity index (χ2n) is 4.90. The van der Waals surface area contributed by atoms with Crippen LogP contribution in [0.3, 0.4) is 0 Å². The molecule has 5 nitrogen and oxygen atoms in total. The molecule has 0 saturated carbocycles. The first-order valence-corrected chi connectivity index (χ1v) is 7.83. The van der Waals surface area contributed by atoms with Crippen LogP contribution < -0.4 is 0 Å². The Balaban J connectivity index is 2.05. The van der Waals surface area contributed by atoms with Crippen molar-refractivity contribution < 1.29 is 26.7 Å². The van der Waals surface area contributed by atoms with Crippen LogP contribution in [0.15, 0.2) is 29.4 Å². The normalized spacial score (nSPS) is 20.4. The smallest absolute Gasteiger partial charge is 0.383 e. The van der Waals surface area contributed by atoms with Crippen LogP contribution >= 0.6 is 0 Å². The SMILES string of the molecule is O=S(=O)(c1ccccn1)N1CCC(C(O)C(F)(F)F)CC1. The molecule has 1 fully saturated rings. The number of pyridine rings is 1. The predicted octanol–water partition coefficient (Wildman–Crippen LogP) is 1.41. The van der Waals surface area contributed by atoms with Crippen LogP contribution in [-0.2, 0) is 10.0 Å². The van der Waals surface area contributed by atoms with E-state index >= 15 is 0 Å². The fourth-order valence-electron chi connectivity index (χ4n) is 2.33. The van der Waals surface area contributed by atoms with Crippen LogP contribution in [0, 0.1) is 5.92 Å². The van der Waals surface area contributed by atoms with E-state index in [1.54, 1.807) is 6.07 Å². The molecule has 1 aromatic heterocycles. The van der Waals surface area contributed by atoms with E-state index in [0.717, 1.165) is 4.31 Å². The van der Waals surface area contributed by atoms with E-state index in [1.165, 1.54) is 18.3 Å². The maximum absolute atomic E-state index is 12.4. The first-order chi connectivity index (χ1) is 9.73. The van der Waals surface area contributed by atoms with Crippen molar-refractivity contribution in [2.24, 2.45) is 5.92 Å². The number of aliphatic hydroxyl groups is 1. The first-order valence-electron chi connectivity index (χ1n) is 6.39. The molecule has 9 heteroatoms. The molecule has 0 radical (unpaired) electrons. The second kappa shape index (κ2) is 5.90. The van der Waals surface area contributed by atoms with Gasteiger partial charge in [-0.25, -0.2) is 13.4 Å². The number of aromatic nitrogens is 1. The van der Waals surface area contributed by atoms with Crippen molar-refractivity contribution in [3.8, 4) is 0 Å². The largest absolute Gasteiger partial charge is 0.414 e. The molecular weight excluding hydrogens is 309 g/mol. The van der Waals surface area contributed by atoms with Crippen molar-refractivity contribution in [3.05, 3.63) is 24.4 Å². The van der Waals surface area contributed by atoms with Gasteiger partial charge in [0.15, 0.2) is 11.1 Å². The Kier molecular flexibility index (Phi) is 4.54. The van der Waals surface area contributed by atoms with E-state index in [4.69, 9.17) is 0 Å². The highest BCUT2D eigenvalue weighted by molar-refractivity contribution is 7.89. The third kappa shape index (κ3) is 3.53. The summed E-state index contributed by atoms with van der Waals surface area (Å²) in [6, 6.07) is 4.44. The van der Waals surface area contributed by atoms with Crippen LogP contribution in [0.4, 0.5) is 13.2 Å². The molecule has 0 spiro atoms. The van der Waals surface area contributed by atoms with Gasteiger partial charge < -0.3 is 5.11 Å². The Bertz CT molecular complexity index is 569. The standard InChI is InChI=1S/C12H15F3N2O3S/c13-12(14,15)11(18)9-4-7-17(8-5-9)21(19,20)10-3-1-2-6-16-10/h1-3,6,9,11,18H,4-5,7-8H2. The van der Waals surface area contributed by atoms with Crippen molar-refractivity contribution in [1.82, 2.24) is 9.29 Å². The maximum Gasteiger partial charge on any atom is 0.414 e. The lowest BCUT2D eigenvalue weighted by atomic mass is 9.92. The lowest BCUT2D eigenvalue weighted by molar-refractivity contribution is -0.222. The zero-order valence-corrected chi connectivity index (χ0v) is 11.8. The van der Waals surface area contributed by atoms with Crippen LogP contribution in [-0.4, -0.2) is 48.2 Å². The van der Waals surface area contributed by atoms with Gasteiger partial charge in [-0.05, 0) is 30.9 Å². The van der Waals surface area contributed by atoms with E-state index in [0.29, 0.717) is 0 Å². The molecule has 118 valence electrons. The summed E-state index contributed by atoms with van der Waals surface area (Å²) in [6.07, 6.45) is -5.81. The average Bonchev–Trinajstić information content (AvgIpc) is 2.46. The van der Waals surface area contributed by atoms with Crippen molar-refractivity contribution in [1.29, 1.82) is 0 Å². The van der Waals surface area contributed by atoms with E-state index < -0.39 is 28.2 Å². The molecule has 0 amide bonds. The minimum atomic E-state index is -4.67. The van der Waals surface area contributed by atoms with Gasteiger partial charge >= 0.3 is 6.18 Å². The Hall–Kier alpha value is -1.19. The fourth-order valence-corrected chi connectivity index (χ4v) is 3.73. The minimum Gasteiger partial charge on any atom is -0.383 e. The average molecular weight is 324 g/mol. The van der Waals surface area contributed by atoms with Crippen LogP contribution in [0.1, 0.15) is 12.8 Å². The van der Waals surface area contributed by atoms with Gasteiger partial charge in [0.05, 0.1) is 0 Å². The summed E-state index contributed by atoms with van der Waals surface area (Å²) in [6.45, 7) is -0.118. The van der Waals surface area contributed by atoms with Crippen LogP contribution in [0.2, 0.25) is 0 Å². The molecule has 1 aromatic rings. The summed E-state index contributed by atoms with van der Waals surface area (Å²) >= 11 is 0. The summed E-state index contributed by atoms with van der Waals surface area (Å²) in [5, 5.41) is 9.09. The topological polar surface area (TPSA) is 70.5 Å². The number of sulfonamides is 1. The summed E-state index contributed by atoms with van der Waals surface area (Å²) in [5.41, 5.74) is 0. The Morgan fingerprint density at radius 1 is 1.29 bits per heavy atom. The van der Waals surface area contributed by atoms with Gasteiger partial charge in [-0.3, -0.25) is 0 Å². The molecule has 1 saturated heterocycles. The van der Waals surface area contributed by atoms with Crippen LogP contribution in [0.25, 0.3) is 0 Å². The molecule has 1 N–H and O–H groups in total. The Labute approximate surface area is 120 Å². The number of alkyl halides is 3. The lowest BCUT2D eigenvalue weighted by Gasteiger charge is -2.33. The molecule has 21 heavy (non-hydrogen) atoms. The Morgan fingerprint density at radius 2 is 1.90 bits per heavy atom. The first kappa shape index (κ1) is 16.2. The van der Waals surface area contributed by atoms with Gasteiger partial charge in [0.1, 0.15) is 0 Å². The molecule has 1 aliphatic rings. The summed E-state index contributed by atoms with van der Waals surface area (Å²) < 4.78 is 62.9. The summed E-state index contributed by atoms with van der Waals surface area (Å²) in [5.74, 6) is -0.972. The molecule has 1 unspecified atom stereocenters. The number of piperidine rings is 1. The molecule has 0 bridgehead atoms. The molecular formula is C12H15F3N2O3S. The zero-order valence-electron chi connectivity index (χ0n) is 11.0. The quantitative estimate of drug-likeness (QED) is 0.912. The Morgan fingerprint density at radius 3 is 2.38 bits per heavy atom. The highest BCUT2D eigenvalue weighted by Crippen LogP contribution is 2.32. The van der Waals surface area contributed by atoms with Crippen LogP contribution in [0.5, 0.6) is 0 Å². The third-order valence-corrected chi connectivity index (χ3v) is 5.34. The summed E-state index contributed by atoms with van der Waals surface area (Å²) in [7, 11) is -3.79. The number of hydrogen-bond donors (Lipinski definition) is 1. The van der Waals surface area contributed by atoms with Gasteiger partial charge in [0.25, 0.3) is 10.0 Å². The van der Waals surface area contributed by atoms with Gasteiger partial charge in [-0.15, -0.1) is 0 Å². The minimum absolute atomic E-state index is 0.0350. The van der Waals surface area contributed by atoms with Crippen molar-refractivity contribution in [3.63, 3.8) is 0 Å². The molecule has 1 atom stereocenters. The predicted molar refractivity (Wildman–Crippen MR) is 67.8 cm³/mol. The van der Waals surface area contributed by atoms with E-state index in [2.05, 4.69) is 4.98 Å². The van der Waals surface area contributed by atoms with E-state index in [1.807, 2.05) is 0 Å². The van der Waals surface area contributed by atoms with E-state index in [-0.39, 0.29) is 31.0 Å². The molecule has 0 aliphatic carbocycles. The number of nitrogens with zero attached hydrogens (tertiary/aromatic N) is 2. The molecule has 1 aliphatic heterocycles. The van der Waals surface area contributed by atoms with Gasteiger partial charge in [-0.1, -0.05) is 6.07 Å². The third-order valence-electron chi connectivity index (χ3n) is 3.52. The maximum atomic E-state index is 12.4. The van der Waals surface area contributed by atoms with Crippen molar-refractivity contribution >= 4 is 10.0 Å². The fraction of sp³-hybridized carbons (Fsp3) is 0.583. The zero-order chi connectivity index (χ0) is 15.7. The van der Waals surface area contributed by atoms with Gasteiger partial charge in [0.2, 0.25) is 0 Å². The van der Waals surface area contributed by atoms with Crippen molar-refractivity contribution in [2.75, 3.05) is 13.1 Å². The monoisotopic (exact) mass is 324 g/mol. The highest BCUT2D eigenvalue weighted by atomic mass is 32.2. The molecule has 2 heterocycles. The van der Waals surface area contributed by atoms with Crippen molar-refractivity contribution in [2.45, 2.75) is 30.1 Å². The molecule has 0 aromatic carbocycles. The van der Waals surface area contributed by atoms with Gasteiger partial charge in [-0.2, -0.15) is 17.5 Å². The number of aliphatic hydroxyl groups excluding tert-OH is 1. The summed E-state index contributed by atoms with van der Waals surface area (Å²) in [4.78, 5) is 3.76. The highest BCUT2D eigenvalue weighted by Gasteiger charge is 2.45.